The smallest absolute Gasteiger partial charge is 0.365 e. The molecule has 2 heterocycles. The van der Waals surface area contributed by atoms with Crippen LogP contribution in [0, 0.1) is 5.82 Å². The van der Waals surface area contributed by atoms with Gasteiger partial charge in [-0.25, -0.2) is 9.18 Å². The Hall–Kier alpha value is -2.86. The molecule has 2 aromatic rings. The summed E-state index contributed by atoms with van der Waals surface area (Å²) >= 11 is 5.84. The highest BCUT2D eigenvalue weighted by Crippen LogP contribution is 2.32. The molecule has 0 spiro atoms. The van der Waals surface area contributed by atoms with Gasteiger partial charge >= 0.3 is 12.4 Å². The molecule has 8 nitrogen and oxygen atoms in total. The van der Waals surface area contributed by atoms with Crippen LogP contribution >= 0.6 is 11.6 Å². The number of carbonyl (C=O) groups excluding carboxylic acids is 2. The van der Waals surface area contributed by atoms with Gasteiger partial charge in [-0.05, 0) is 31.0 Å². The first-order valence-electron chi connectivity index (χ1n) is 9.66. The summed E-state index contributed by atoms with van der Waals surface area (Å²) in [6.07, 6.45) is -5.57. The molecule has 2 aliphatic rings. The standard InChI is InChI=1S/C19H18ClF4N5O3/c20-12-5-9(1-2-13(12)21)16-15(17(25)30)14-8-28(3-4-29(14)27-16)18(31)26-10-6-11(7-10)32-19(22,23)24/h1-2,5,10-11H,3-4,6-8H2,(H2,25,30)(H,26,31). The molecule has 1 aromatic carbocycles. The van der Waals surface area contributed by atoms with Gasteiger partial charge in [0, 0.05) is 18.2 Å². The Morgan fingerprint density at radius 1 is 1.25 bits per heavy atom. The van der Waals surface area contributed by atoms with Gasteiger partial charge in [-0.1, -0.05) is 11.6 Å². The van der Waals surface area contributed by atoms with E-state index in [1.165, 1.54) is 17.0 Å². The van der Waals surface area contributed by atoms with Crippen molar-refractivity contribution in [3.63, 3.8) is 0 Å². The summed E-state index contributed by atoms with van der Waals surface area (Å²) in [4.78, 5) is 26.2. The minimum Gasteiger partial charge on any atom is -0.365 e. The average Bonchev–Trinajstić information content (AvgIpc) is 3.06. The number of nitrogens with two attached hydrogens (primary N) is 1. The molecule has 0 radical (unpaired) electrons. The van der Waals surface area contributed by atoms with Crippen LogP contribution in [-0.4, -0.2) is 51.7 Å². The molecule has 13 heteroatoms. The van der Waals surface area contributed by atoms with Crippen molar-refractivity contribution in [3.8, 4) is 11.3 Å². The zero-order valence-corrected chi connectivity index (χ0v) is 17.2. The second-order valence-corrected chi connectivity index (χ2v) is 8.02. The number of hydrogen-bond acceptors (Lipinski definition) is 4. The summed E-state index contributed by atoms with van der Waals surface area (Å²) in [6, 6.07) is 2.99. The van der Waals surface area contributed by atoms with Crippen molar-refractivity contribution in [1.82, 2.24) is 20.0 Å². The number of aromatic nitrogens is 2. The summed E-state index contributed by atoms with van der Waals surface area (Å²) in [5.41, 5.74) is 6.68. The molecule has 1 aliphatic carbocycles. The van der Waals surface area contributed by atoms with Crippen LogP contribution < -0.4 is 11.1 Å². The summed E-state index contributed by atoms with van der Waals surface area (Å²) in [5, 5.41) is 6.92. The molecule has 1 saturated carbocycles. The molecule has 4 rings (SSSR count). The molecule has 0 bridgehead atoms. The van der Waals surface area contributed by atoms with Crippen LogP contribution in [0.1, 0.15) is 28.9 Å². The number of nitrogens with one attached hydrogen (secondary N) is 1. The van der Waals surface area contributed by atoms with E-state index in [0.717, 1.165) is 6.07 Å². The van der Waals surface area contributed by atoms with Crippen molar-refractivity contribution in [2.75, 3.05) is 6.54 Å². The van der Waals surface area contributed by atoms with Gasteiger partial charge in [0.05, 0.1) is 35.5 Å². The molecule has 3 amide bonds. The largest absolute Gasteiger partial charge is 0.522 e. The molecule has 32 heavy (non-hydrogen) atoms. The predicted molar refractivity (Wildman–Crippen MR) is 104 cm³/mol. The average molecular weight is 476 g/mol. The van der Waals surface area contributed by atoms with Crippen molar-refractivity contribution >= 4 is 23.5 Å². The summed E-state index contributed by atoms with van der Waals surface area (Å²) in [5.74, 6) is -1.39. The fraction of sp³-hybridized carbons (Fsp3) is 0.421. The monoisotopic (exact) mass is 475 g/mol. The van der Waals surface area contributed by atoms with Crippen LogP contribution in [0.2, 0.25) is 5.02 Å². The lowest BCUT2D eigenvalue weighted by Crippen LogP contribution is -2.54. The van der Waals surface area contributed by atoms with Crippen molar-refractivity contribution in [2.45, 2.75) is 44.4 Å². The van der Waals surface area contributed by atoms with Gasteiger partial charge in [0.2, 0.25) is 0 Å². The van der Waals surface area contributed by atoms with Gasteiger partial charge in [-0.15, -0.1) is 13.2 Å². The lowest BCUT2D eigenvalue weighted by Gasteiger charge is -2.37. The van der Waals surface area contributed by atoms with E-state index in [9.17, 15) is 27.2 Å². The molecular weight excluding hydrogens is 458 g/mol. The first-order chi connectivity index (χ1) is 15.0. The number of halogens is 5. The zero-order valence-electron chi connectivity index (χ0n) is 16.5. The third-order valence-corrected chi connectivity index (χ3v) is 5.72. The molecule has 172 valence electrons. The van der Waals surface area contributed by atoms with E-state index < -0.39 is 36.3 Å². The number of benzene rings is 1. The van der Waals surface area contributed by atoms with E-state index in [4.69, 9.17) is 17.3 Å². The highest BCUT2D eigenvalue weighted by Gasteiger charge is 2.41. The highest BCUT2D eigenvalue weighted by molar-refractivity contribution is 6.31. The van der Waals surface area contributed by atoms with Gasteiger partial charge in [0.1, 0.15) is 11.5 Å². The maximum absolute atomic E-state index is 13.5. The first-order valence-corrected chi connectivity index (χ1v) is 10.0. The maximum Gasteiger partial charge on any atom is 0.522 e. The van der Waals surface area contributed by atoms with Crippen molar-refractivity contribution in [3.05, 3.63) is 40.3 Å². The molecule has 1 aromatic heterocycles. The molecule has 3 N–H and O–H groups in total. The number of carbonyl (C=O) groups is 2. The highest BCUT2D eigenvalue weighted by atomic mass is 35.5. The number of ether oxygens (including phenoxy) is 1. The number of fused-ring (bicyclic) bond motifs is 1. The van der Waals surface area contributed by atoms with Crippen molar-refractivity contribution in [2.24, 2.45) is 5.73 Å². The quantitative estimate of drug-likeness (QED) is 0.663. The Labute approximate surface area is 184 Å². The van der Waals surface area contributed by atoms with Crippen LogP contribution in [0.5, 0.6) is 0 Å². The van der Waals surface area contributed by atoms with E-state index in [0.29, 0.717) is 11.3 Å². The Kier molecular flexibility index (Phi) is 5.76. The van der Waals surface area contributed by atoms with Crippen molar-refractivity contribution in [1.29, 1.82) is 0 Å². The van der Waals surface area contributed by atoms with Gasteiger partial charge in [-0.3, -0.25) is 14.2 Å². The third kappa shape index (κ3) is 4.51. The fourth-order valence-corrected chi connectivity index (χ4v) is 4.01. The SMILES string of the molecule is NC(=O)c1c(-c2ccc(F)c(Cl)c2)nn2c1CN(C(=O)NC1CC(OC(F)(F)F)C1)CC2. The van der Waals surface area contributed by atoms with Crippen LogP contribution in [0.15, 0.2) is 18.2 Å². The third-order valence-electron chi connectivity index (χ3n) is 5.43. The summed E-state index contributed by atoms with van der Waals surface area (Å²) < 4.78 is 55.7. The van der Waals surface area contributed by atoms with E-state index in [1.54, 1.807) is 4.68 Å². The Bertz CT molecular complexity index is 1070. The molecule has 0 saturated heterocycles. The molecular formula is C19H18ClF4N5O3. The predicted octanol–water partition coefficient (Wildman–Crippen LogP) is 3.03. The normalized spacial score (nSPS) is 20.5. The number of rotatable bonds is 4. The molecule has 0 unspecified atom stereocenters. The van der Waals surface area contributed by atoms with Crippen LogP contribution in [-0.2, 0) is 17.8 Å². The number of alkyl halides is 3. The van der Waals surface area contributed by atoms with Crippen molar-refractivity contribution < 1.29 is 31.9 Å². The topological polar surface area (TPSA) is 102 Å². The van der Waals surface area contributed by atoms with E-state index >= 15 is 0 Å². The zero-order chi connectivity index (χ0) is 23.2. The number of nitrogens with zero attached hydrogens (tertiary/aromatic N) is 3. The number of hydrogen-bond donors (Lipinski definition) is 2. The molecule has 1 fully saturated rings. The van der Waals surface area contributed by atoms with Crippen LogP contribution in [0.25, 0.3) is 11.3 Å². The second kappa shape index (κ2) is 8.24. The number of urea groups is 1. The minimum absolute atomic E-state index is 0.0151. The minimum atomic E-state index is -4.71. The van der Waals surface area contributed by atoms with Gasteiger partial charge in [-0.2, -0.15) is 5.10 Å². The number of amides is 3. The molecule has 0 atom stereocenters. The van der Waals surface area contributed by atoms with Gasteiger partial charge < -0.3 is 16.0 Å². The Morgan fingerprint density at radius 3 is 2.59 bits per heavy atom. The molecule has 1 aliphatic heterocycles. The lowest BCUT2D eigenvalue weighted by molar-refractivity contribution is -0.351. The summed E-state index contributed by atoms with van der Waals surface area (Å²) in [7, 11) is 0. The number of primary amides is 1. The first kappa shape index (κ1) is 22.3. The van der Waals surface area contributed by atoms with Crippen LogP contribution in [0.3, 0.4) is 0 Å². The Morgan fingerprint density at radius 2 is 1.97 bits per heavy atom. The Balaban J connectivity index is 1.47. The second-order valence-electron chi connectivity index (χ2n) is 7.61. The van der Waals surface area contributed by atoms with E-state index in [1.807, 2.05) is 0 Å². The van der Waals surface area contributed by atoms with E-state index in [-0.39, 0.29) is 48.8 Å². The van der Waals surface area contributed by atoms with E-state index in [2.05, 4.69) is 15.2 Å². The van der Waals surface area contributed by atoms with Crippen LogP contribution in [0.4, 0.5) is 22.4 Å². The fourth-order valence-electron chi connectivity index (χ4n) is 3.83. The maximum atomic E-state index is 13.5. The van der Waals surface area contributed by atoms with Gasteiger partial charge in [0.15, 0.2) is 0 Å². The van der Waals surface area contributed by atoms with Gasteiger partial charge in [0.25, 0.3) is 5.91 Å². The summed E-state index contributed by atoms with van der Waals surface area (Å²) in [6.45, 7) is 0.543. The lowest BCUT2D eigenvalue weighted by atomic mass is 9.89.